The van der Waals surface area contributed by atoms with Crippen LogP contribution in [-0.4, -0.2) is 42.4 Å². The lowest BCUT2D eigenvalue weighted by Crippen LogP contribution is -2.34. The summed E-state index contributed by atoms with van der Waals surface area (Å²) in [4.78, 5) is 13.6. The van der Waals surface area contributed by atoms with Crippen molar-refractivity contribution in [2.75, 3.05) is 25.6 Å². The van der Waals surface area contributed by atoms with Crippen LogP contribution in [0.4, 0.5) is 0 Å². The van der Waals surface area contributed by atoms with Gasteiger partial charge in [0.25, 0.3) is 0 Å². The van der Waals surface area contributed by atoms with Gasteiger partial charge in [0.1, 0.15) is 0 Å². The molecule has 0 heterocycles. The van der Waals surface area contributed by atoms with Crippen molar-refractivity contribution in [2.45, 2.75) is 45.6 Å². The summed E-state index contributed by atoms with van der Waals surface area (Å²) in [7, 11) is 1.88. The maximum absolute atomic E-state index is 11.8. The fourth-order valence-electron chi connectivity index (χ4n) is 1.51. The van der Waals surface area contributed by atoms with Crippen LogP contribution >= 0.6 is 24.2 Å². The van der Waals surface area contributed by atoms with Crippen LogP contribution in [0.3, 0.4) is 0 Å². The molecule has 0 radical (unpaired) electrons. The standard InChI is InChI=1S/C13H28N2OS.ClH/c1-11(2)12(14)8-9-15(3)13(16)7-5-6-10-17-4;/h11-12H,5-10,14H2,1-4H3;1H. The summed E-state index contributed by atoms with van der Waals surface area (Å²) in [5, 5.41) is 0. The van der Waals surface area contributed by atoms with Gasteiger partial charge in [-0.2, -0.15) is 11.8 Å². The van der Waals surface area contributed by atoms with Crippen LogP contribution in [0, 0.1) is 5.92 Å². The number of hydrogen-bond donors (Lipinski definition) is 1. The van der Waals surface area contributed by atoms with E-state index in [0.29, 0.717) is 12.3 Å². The third-order valence-electron chi connectivity index (χ3n) is 3.07. The second kappa shape index (κ2) is 12.1. The molecule has 3 nitrogen and oxygen atoms in total. The molecule has 0 aromatic heterocycles. The molecular formula is C13H29ClN2OS. The quantitative estimate of drug-likeness (QED) is 0.666. The highest BCUT2D eigenvalue weighted by atomic mass is 35.5. The highest BCUT2D eigenvalue weighted by molar-refractivity contribution is 7.98. The maximum atomic E-state index is 11.8. The molecular weight excluding hydrogens is 268 g/mol. The number of hydrogen-bond acceptors (Lipinski definition) is 3. The number of nitrogens with zero attached hydrogens (tertiary/aromatic N) is 1. The predicted molar refractivity (Wildman–Crippen MR) is 84.5 cm³/mol. The lowest BCUT2D eigenvalue weighted by Gasteiger charge is -2.21. The number of nitrogens with two attached hydrogens (primary N) is 1. The molecule has 0 bridgehead atoms. The Kier molecular flexibility index (Phi) is 13.7. The van der Waals surface area contributed by atoms with Gasteiger partial charge in [0, 0.05) is 26.1 Å². The Balaban J connectivity index is 0. The molecule has 0 saturated heterocycles. The minimum Gasteiger partial charge on any atom is -0.346 e. The van der Waals surface area contributed by atoms with Gasteiger partial charge in [0.05, 0.1) is 0 Å². The molecule has 1 unspecified atom stereocenters. The van der Waals surface area contributed by atoms with Crippen LogP contribution in [0.5, 0.6) is 0 Å². The zero-order valence-electron chi connectivity index (χ0n) is 12.1. The lowest BCUT2D eigenvalue weighted by atomic mass is 10.0. The third-order valence-corrected chi connectivity index (χ3v) is 3.77. The average Bonchev–Trinajstić information content (AvgIpc) is 2.30. The van der Waals surface area contributed by atoms with E-state index in [0.717, 1.165) is 31.6 Å². The van der Waals surface area contributed by atoms with Gasteiger partial charge < -0.3 is 10.6 Å². The molecule has 0 aromatic carbocycles. The molecule has 110 valence electrons. The number of carbonyl (C=O) groups is 1. The van der Waals surface area contributed by atoms with Gasteiger partial charge in [0.15, 0.2) is 0 Å². The molecule has 2 N–H and O–H groups in total. The molecule has 0 saturated carbocycles. The first kappa shape index (κ1) is 20.4. The van der Waals surface area contributed by atoms with E-state index in [1.165, 1.54) is 0 Å². The molecule has 1 amide bonds. The number of unbranched alkanes of at least 4 members (excludes halogenated alkanes) is 1. The van der Waals surface area contributed by atoms with Crippen molar-refractivity contribution in [2.24, 2.45) is 11.7 Å². The number of rotatable bonds is 9. The highest BCUT2D eigenvalue weighted by Crippen LogP contribution is 2.07. The van der Waals surface area contributed by atoms with E-state index in [1.807, 2.05) is 23.7 Å². The third kappa shape index (κ3) is 10.0. The summed E-state index contributed by atoms with van der Waals surface area (Å²) in [6.45, 7) is 5.02. The summed E-state index contributed by atoms with van der Waals surface area (Å²) in [5.41, 5.74) is 5.96. The number of halogens is 1. The lowest BCUT2D eigenvalue weighted by molar-refractivity contribution is -0.130. The van der Waals surface area contributed by atoms with Crippen molar-refractivity contribution in [3.8, 4) is 0 Å². The monoisotopic (exact) mass is 296 g/mol. The number of amides is 1. The topological polar surface area (TPSA) is 46.3 Å². The zero-order chi connectivity index (χ0) is 13.3. The van der Waals surface area contributed by atoms with Crippen LogP contribution in [0.15, 0.2) is 0 Å². The maximum Gasteiger partial charge on any atom is 0.222 e. The Bertz CT molecular complexity index is 215. The summed E-state index contributed by atoms with van der Waals surface area (Å²) in [6.07, 6.45) is 5.80. The van der Waals surface area contributed by atoms with Crippen molar-refractivity contribution in [3.05, 3.63) is 0 Å². The first-order valence-corrected chi connectivity index (χ1v) is 7.87. The van der Waals surface area contributed by atoms with Crippen LogP contribution in [0.1, 0.15) is 39.5 Å². The fraction of sp³-hybridized carbons (Fsp3) is 0.923. The predicted octanol–water partition coefficient (Wildman–Crippen LogP) is 2.77. The molecule has 0 aromatic rings. The largest absolute Gasteiger partial charge is 0.346 e. The minimum atomic E-state index is 0. The molecule has 5 heteroatoms. The van der Waals surface area contributed by atoms with Gasteiger partial charge in [0.2, 0.25) is 5.91 Å². The number of carbonyl (C=O) groups excluding carboxylic acids is 1. The van der Waals surface area contributed by atoms with Gasteiger partial charge in [-0.3, -0.25) is 4.79 Å². The van der Waals surface area contributed by atoms with Crippen molar-refractivity contribution in [3.63, 3.8) is 0 Å². The van der Waals surface area contributed by atoms with Gasteiger partial charge >= 0.3 is 0 Å². The Morgan fingerprint density at radius 1 is 1.33 bits per heavy atom. The second-order valence-electron chi connectivity index (χ2n) is 4.96. The smallest absolute Gasteiger partial charge is 0.222 e. The average molecular weight is 297 g/mol. The summed E-state index contributed by atoms with van der Waals surface area (Å²) < 4.78 is 0. The van der Waals surface area contributed by atoms with Gasteiger partial charge in [-0.25, -0.2) is 0 Å². The Hall–Kier alpha value is 0.0700. The number of thioether (sulfide) groups is 1. The zero-order valence-corrected chi connectivity index (χ0v) is 13.8. The SMILES string of the molecule is CSCCCCC(=O)N(C)CCC(N)C(C)C.Cl. The van der Waals surface area contributed by atoms with Crippen molar-refractivity contribution >= 4 is 30.1 Å². The van der Waals surface area contributed by atoms with E-state index in [9.17, 15) is 4.79 Å². The summed E-state index contributed by atoms with van der Waals surface area (Å²) >= 11 is 1.84. The summed E-state index contributed by atoms with van der Waals surface area (Å²) in [5.74, 6) is 1.89. The van der Waals surface area contributed by atoms with Crippen LogP contribution in [-0.2, 0) is 4.79 Å². The van der Waals surface area contributed by atoms with E-state index in [4.69, 9.17) is 5.73 Å². The molecule has 1 atom stereocenters. The van der Waals surface area contributed by atoms with Crippen molar-refractivity contribution < 1.29 is 4.79 Å². The molecule has 0 aliphatic rings. The molecule has 0 fully saturated rings. The van der Waals surface area contributed by atoms with E-state index < -0.39 is 0 Å². The minimum absolute atomic E-state index is 0. The first-order chi connectivity index (χ1) is 7.99. The normalized spacial score (nSPS) is 12.1. The van der Waals surface area contributed by atoms with Crippen LogP contribution in [0.2, 0.25) is 0 Å². The molecule has 0 aliphatic carbocycles. The van der Waals surface area contributed by atoms with E-state index in [-0.39, 0.29) is 24.4 Å². The van der Waals surface area contributed by atoms with Crippen molar-refractivity contribution in [1.29, 1.82) is 0 Å². The van der Waals surface area contributed by atoms with Gasteiger partial charge in [-0.15, -0.1) is 12.4 Å². The van der Waals surface area contributed by atoms with E-state index in [2.05, 4.69) is 20.1 Å². The summed E-state index contributed by atoms with van der Waals surface area (Å²) in [6, 6.07) is 0.196. The van der Waals surface area contributed by atoms with Gasteiger partial charge in [-0.05, 0) is 37.2 Å². The Morgan fingerprint density at radius 2 is 1.94 bits per heavy atom. The molecule has 0 spiro atoms. The van der Waals surface area contributed by atoms with Crippen molar-refractivity contribution in [1.82, 2.24) is 4.90 Å². The molecule has 0 aliphatic heterocycles. The fourth-order valence-corrected chi connectivity index (χ4v) is 2.01. The molecule has 0 rings (SSSR count). The highest BCUT2D eigenvalue weighted by Gasteiger charge is 2.12. The van der Waals surface area contributed by atoms with E-state index in [1.54, 1.807) is 0 Å². The second-order valence-corrected chi connectivity index (χ2v) is 5.95. The molecule has 18 heavy (non-hydrogen) atoms. The Morgan fingerprint density at radius 3 is 2.44 bits per heavy atom. The van der Waals surface area contributed by atoms with Crippen LogP contribution in [0.25, 0.3) is 0 Å². The Labute approximate surface area is 123 Å². The first-order valence-electron chi connectivity index (χ1n) is 6.47. The van der Waals surface area contributed by atoms with Crippen LogP contribution < -0.4 is 5.73 Å². The van der Waals surface area contributed by atoms with Gasteiger partial charge in [-0.1, -0.05) is 13.8 Å². The van der Waals surface area contributed by atoms with E-state index >= 15 is 0 Å².